The van der Waals surface area contributed by atoms with Gasteiger partial charge in [-0.15, -0.1) is 0 Å². The number of carbonyl (C=O) groups excluding carboxylic acids is 1. The minimum atomic E-state index is -0.181. The van der Waals surface area contributed by atoms with Crippen molar-refractivity contribution in [2.24, 2.45) is 0 Å². The Morgan fingerprint density at radius 3 is 2.40 bits per heavy atom. The predicted molar refractivity (Wildman–Crippen MR) is 102 cm³/mol. The predicted octanol–water partition coefficient (Wildman–Crippen LogP) is 5.20. The monoisotopic (exact) mass is 331 g/mol. The number of pyridine rings is 1. The molecule has 0 aliphatic heterocycles. The van der Waals surface area contributed by atoms with Crippen molar-refractivity contribution in [3.05, 3.63) is 84.2 Å². The highest BCUT2D eigenvalue weighted by molar-refractivity contribution is 6.04. The smallest absolute Gasteiger partial charge is 0.257 e. The summed E-state index contributed by atoms with van der Waals surface area (Å²) in [6.45, 7) is 4.31. The summed E-state index contributed by atoms with van der Waals surface area (Å²) in [7, 11) is 0. The third kappa shape index (κ3) is 4.23. The van der Waals surface area contributed by atoms with E-state index in [1.165, 1.54) is 5.56 Å². The summed E-state index contributed by atoms with van der Waals surface area (Å²) in [5.74, 6) is 0.223. The van der Waals surface area contributed by atoms with Crippen molar-refractivity contribution in [1.29, 1.82) is 0 Å². The van der Waals surface area contributed by atoms with Crippen molar-refractivity contribution >= 4 is 23.0 Å². The lowest BCUT2D eigenvalue weighted by molar-refractivity contribution is 0.102. The highest BCUT2D eigenvalue weighted by Crippen LogP contribution is 2.26. The van der Waals surface area contributed by atoms with Gasteiger partial charge in [0.05, 0.1) is 17.4 Å². The summed E-state index contributed by atoms with van der Waals surface area (Å²) in [5, 5.41) is 6.24. The number of para-hydroxylation sites is 2. The SMILES string of the molecule is CC(C)c1ccccc1Nc1cncc(C(=O)Nc2ccccc2)c1. The van der Waals surface area contributed by atoms with E-state index in [1.54, 1.807) is 12.4 Å². The largest absolute Gasteiger partial charge is 0.354 e. The summed E-state index contributed by atoms with van der Waals surface area (Å²) in [6, 6.07) is 19.4. The van der Waals surface area contributed by atoms with E-state index in [2.05, 4.69) is 35.5 Å². The number of nitrogens with zero attached hydrogens (tertiary/aromatic N) is 1. The van der Waals surface area contributed by atoms with Gasteiger partial charge in [0, 0.05) is 17.6 Å². The van der Waals surface area contributed by atoms with E-state index in [-0.39, 0.29) is 5.91 Å². The first-order valence-electron chi connectivity index (χ1n) is 8.31. The fraction of sp³-hybridized carbons (Fsp3) is 0.143. The van der Waals surface area contributed by atoms with Crippen LogP contribution < -0.4 is 10.6 Å². The molecule has 0 bridgehead atoms. The van der Waals surface area contributed by atoms with E-state index in [4.69, 9.17) is 0 Å². The Hall–Kier alpha value is -3.14. The third-order valence-corrected chi connectivity index (χ3v) is 3.89. The van der Waals surface area contributed by atoms with Gasteiger partial charge < -0.3 is 10.6 Å². The van der Waals surface area contributed by atoms with Crippen molar-refractivity contribution in [3.63, 3.8) is 0 Å². The number of aromatic nitrogens is 1. The number of amides is 1. The minimum absolute atomic E-state index is 0.181. The van der Waals surface area contributed by atoms with Crippen LogP contribution in [0.2, 0.25) is 0 Å². The normalized spacial score (nSPS) is 10.5. The first-order chi connectivity index (χ1) is 12.1. The summed E-state index contributed by atoms with van der Waals surface area (Å²) >= 11 is 0. The molecule has 1 aromatic heterocycles. The number of hydrogen-bond donors (Lipinski definition) is 2. The van der Waals surface area contributed by atoms with Crippen LogP contribution >= 0.6 is 0 Å². The zero-order valence-electron chi connectivity index (χ0n) is 14.4. The molecule has 0 unspecified atom stereocenters. The summed E-state index contributed by atoms with van der Waals surface area (Å²) in [4.78, 5) is 16.6. The Kier molecular flexibility index (Phi) is 5.09. The quantitative estimate of drug-likeness (QED) is 0.675. The summed E-state index contributed by atoms with van der Waals surface area (Å²) < 4.78 is 0. The average Bonchev–Trinajstić information content (AvgIpc) is 2.63. The molecule has 1 amide bonds. The maximum absolute atomic E-state index is 12.4. The molecule has 2 aromatic carbocycles. The highest BCUT2D eigenvalue weighted by Gasteiger charge is 2.10. The second-order valence-corrected chi connectivity index (χ2v) is 6.15. The summed E-state index contributed by atoms with van der Waals surface area (Å²) in [5.41, 5.74) is 4.31. The Bertz CT molecular complexity index is 860. The molecule has 0 fully saturated rings. The molecule has 0 aliphatic carbocycles. The minimum Gasteiger partial charge on any atom is -0.354 e. The lowest BCUT2D eigenvalue weighted by Crippen LogP contribution is -2.12. The molecule has 4 nitrogen and oxygen atoms in total. The molecular formula is C21H21N3O. The number of benzene rings is 2. The molecular weight excluding hydrogens is 310 g/mol. The maximum atomic E-state index is 12.4. The van der Waals surface area contributed by atoms with Crippen LogP contribution in [-0.4, -0.2) is 10.9 Å². The van der Waals surface area contributed by atoms with Crippen LogP contribution in [0, 0.1) is 0 Å². The molecule has 0 aliphatic rings. The number of carbonyl (C=O) groups is 1. The molecule has 3 aromatic rings. The topological polar surface area (TPSA) is 54.0 Å². The number of rotatable bonds is 5. The zero-order valence-corrected chi connectivity index (χ0v) is 14.4. The van der Waals surface area contributed by atoms with Crippen LogP contribution in [0.15, 0.2) is 73.1 Å². The molecule has 0 saturated heterocycles. The van der Waals surface area contributed by atoms with Gasteiger partial charge in [-0.1, -0.05) is 50.2 Å². The van der Waals surface area contributed by atoms with Crippen LogP contribution in [-0.2, 0) is 0 Å². The van der Waals surface area contributed by atoms with Gasteiger partial charge in [-0.2, -0.15) is 0 Å². The van der Waals surface area contributed by atoms with E-state index in [1.807, 2.05) is 54.6 Å². The van der Waals surface area contributed by atoms with Crippen molar-refractivity contribution in [2.45, 2.75) is 19.8 Å². The number of anilines is 3. The van der Waals surface area contributed by atoms with Gasteiger partial charge in [-0.3, -0.25) is 9.78 Å². The van der Waals surface area contributed by atoms with E-state index in [9.17, 15) is 4.79 Å². The molecule has 2 N–H and O–H groups in total. The van der Waals surface area contributed by atoms with E-state index < -0.39 is 0 Å². The van der Waals surface area contributed by atoms with Gasteiger partial charge in [0.1, 0.15) is 0 Å². The average molecular weight is 331 g/mol. The Morgan fingerprint density at radius 2 is 1.64 bits per heavy atom. The van der Waals surface area contributed by atoms with Crippen molar-refractivity contribution in [1.82, 2.24) is 4.98 Å². The van der Waals surface area contributed by atoms with Crippen molar-refractivity contribution < 1.29 is 4.79 Å². The van der Waals surface area contributed by atoms with Gasteiger partial charge in [-0.25, -0.2) is 0 Å². The second kappa shape index (κ2) is 7.62. The van der Waals surface area contributed by atoms with Gasteiger partial charge in [-0.05, 0) is 35.7 Å². The molecule has 126 valence electrons. The molecule has 0 spiro atoms. The Morgan fingerprint density at radius 1 is 0.920 bits per heavy atom. The highest BCUT2D eigenvalue weighted by atomic mass is 16.1. The second-order valence-electron chi connectivity index (χ2n) is 6.15. The number of nitrogens with one attached hydrogen (secondary N) is 2. The first kappa shape index (κ1) is 16.7. The van der Waals surface area contributed by atoms with E-state index >= 15 is 0 Å². The van der Waals surface area contributed by atoms with Crippen LogP contribution in [0.4, 0.5) is 17.1 Å². The fourth-order valence-corrected chi connectivity index (χ4v) is 2.63. The molecule has 0 radical (unpaired) electrons. The molecule has 3 rings (SSSR count). The lowest BCUT2D eigenvalue weighted by Gasteiger charge is -2.15. The van der Waals surface area contributed by atoms with Crippen molar-refractivity contribution in [2.75, 3.05) is 10.6 Å². The van der Waals surface area contributed by atoms with Crippen LogP contribution in [0.3, 0.4) is 0 Å². The van der Waals surface area contributed by atoms with Gasteiger partial charge in [0.2, 0.25) is 0 Å². The summed E-state index contributed by atoms with van der Waals surface area (Å²) in [6.07, 6.45) is 3.29. The van der Waals surface area contributed by atoms with Gasteiger partial charge >= 0.3 is 0 Å². The first-order valence-corrected chi connectivity index (χ1v) is 8.31. The van der Waals surface area contributed by atoms with Crippen LogP contribution in [0.5, 0.6) is 0 Å². The van der Waals surface area contributed by atoms with E-state index in [0.717, 1.165) is 17.1 Å². The Labute approximate surface area is 147 Å². The maximum Gasteiger partial charge on any atom is 0.257 e. The van der Waals surface area contributed by atoms with Crippen LogP contribution in [0.1, 0.15) is 35.7 Å². The molecule has 0 atom stereocenters. The van der Waals surface area contributed by atoms with Crippen molar-refractivity contribution in [3.8, 4) is 0 Å². The fourth-order valence-electron chi connectivity index (χ4n) is 2.63. The lowest BCUT2D eigenvalue weighted by atomic mass is 10.0. The molecule has 25 heavy (non-hydrogen) atoms. The third-order valence-electron chi connectivity index (χ3n) is 3.89. The zero-order chi connectivity index (χ0) is 17.6. The van der Waals surface area contributed by atoms with Gasteiger partial charge in [0.25, 0.3) is 5.91 Å². The van der Waals surface area contributed by atoms with Crippen LogP contribution in [0.25, 0.3) is 0 Å². The number of hydrogen-bond acceptors (Lipinski definition) is 3. The Balaban J connectivity index is 1.79. The molecule has 0 saturated carbocycles. The molecule has 1 heterocycles. The molecule has 4 heteroatoms. The van der Waals surface area contributed by atoms with E-state index in [0.29, 0.717) is 11.5 Å². The standard InChI is InChI=1S/C21H21N3O/c1-15(2)19-10-6-7-11-20(19)23-18-12-16(13-22-14-18)21(25)24-17-8-4-3-5-9-17/h3-15,23H,1-2H3,(H,24,25). The van der Waals surface area contributed by atoms with Gasteiger partial charge in [0.15, 0.2) is 0 Å².